The number of rotatable bonds is 5. The molecule has 1 N–H and O–H groups in total. The summed E-state index contributed by atoms with van der Waals surface area (Å²) in [4.78, 5) is 23.2. The van der Waals surface area contributed by atoms with Gasteiger partial charge in [-0.1, -0.05) is 18.5 Å². The van der Waals surface area contributed by atoms with Crippen LogP contribution in [0.15, 0.2) is 33.5 Å². The molecule has 8 heteroatoms. The quantitative estimate of drug-likeness (QED) is 0.679. The Morgan fingerprint density at radius 3 is 3.07 bits per heavy atom. The zero-order valence-corrected chi connectivity index (χ0v) is 16.1. The molecular formula is C20H23N5O3. The minimum Gasteiger partial charge on any atom is -0.459 e. The standard InChI is InChI=1S/C20H23N5O3/c1-3-4-8-21-20(26)25-9-7-15-14(12-25)11-22-13(2)17(15)18-23-19(28-24-18)16-6-5-10-27-16/h5-6,10-11H,3-4,7-9,12H2,1-2H3,(H,21,26). The predicted octanol–water partition coefficient (Wildman–Crippen LogP) is 3.57. The second-order valence-corrected chi connectivity index (χ2v) is 6.88. The lowest BCUT2D eigenvalue weighted by atomic mass is 9.94. The Labute approximate surface area is 162 Å². The molecule has 0 bridgehead atoms. The van der Waals surface area contributed by atoms with Gasteiger partial charge in [0.05, 0.1) is 6.26 Å². The zero-order valence-electron chi connectivity index (χ0n) is 16.1. The SMILES string of the molecule is CCCCNC(=O)N1CCc2c(cnc(C)c2-c2noc(-c3ccco3)n2)C1. The van der Waals surface area contributed by atoms with Gasteiger partial charge in [0.25, 0.3) is 5.89 Å². The van der Waals surface area contributed by atoms with Gasteiger partial charge in [-0.25, -0.2) is 4.79 Å². The van der Waals surface area contributed by atoms with Gasteiger partial charge in [-0.15, -0.1) is 0 Å². The van der Waals surface area contributed by atoms with Crippen molar-refractivity contribution in [1.82, 2.24) is 25.3 Å². The van der Waals surface area contributed by atoms with Crippen LogP contribution in [0, 0.1) is 6.92 Å². The minimum atomic E-state index is -0.0270. The molecule has 2 amide bonds. The molecule has 0 aromatic carbocycles. The number of amides is 2. The molecule has 0 saturated heterocycles. The van der Waals surface area contributed by atoms with E-state index in [4.69, 9.17) is 8.94 Å². The number of aryl methyl sites for hydroxylation is 1. The number of hydrogen-bond acceptors (Lipinski definition) is 6. The van der Waals surface area contributed by atoms with E-state index in [0.717, 1.165) is 41.6 Å². The number of carbonyl (C=O) groups excluding carboxylic acids is 1. The smallest absolute Gasteiger partial charge is 0.317 e. The monoisotopic (exact) mass is 381 g/mol. The molecule has 0 fully saturated rings. The van der Waals surface area contributed by atoms with Gasteiger partial charge in [-0.05, 0) is 43.0 Å². The van der Waals surface area contributed by atoms with E-state index in [1.165, 1.54) is 0 Å². The molecule has 0 atom stereocenters. The fourth-order valence-electron chi connectivity index (χ4n) is 3.43. The van der Waals surface area contributed by atoms with Crippen molar-refractivity contribution >= 4 is 6.03 Å². The highest BCUT2D eigenvalue weighted by Gasteiger charge is 2.26. The van der Waals surface area contributed by atoms with Crippen molar-refractivity contribution in [3.8, 4) is 23.0 Å². The first kappa shape index (κ1) is 18.2. The van der Waals surface area contributed by atoms with E-state index in [2.05, 4.69) is 27.4 Å². The molecule has 4 heterocycles. The van der Waals surface area contributed by atoms with Crippen LogP contribution in [-0.4, -0.2) is 39.1 Å². The number of urea groups is 1. The summed E-state index contributed by atoms with van der Waals surface area (Å²) < 4.78 is 10.7. The van der Waals surface area contributed by atoms with E-state index < -0.39 is 0 Å². The van der Waals surface area contributed by atoms with Crippen molar-refractivity contribution in [1.29, 1.82) is 0 Å². The Kier molecular flexibility index (Phi) is 5.10. The van der Waals surface area contributed by atoms with Gasteiger partial charge in [0.1, 0.15) is 0 Å². The average Bonchev–Trinajstić information content (AvgIpc) is 3.39. The van der Waals surface area contributed by atoms with Crippen LogP contribution in [0.1, 0.15) is 36.6 Å². The third-order valence-corrected chi connectivity index (χ3v) is 4.93. The molecule has 1 aliphatic rings. The van der Waals surface area contributed by atoms with Gasteiger partial charge in [-0.3, -0.25) is 4.98 Å². The van der Waals surface area contributed by atoms with E-state index in [1.807, 2.05) is 18.0 Å². The predicted molar refractivity (Wildman–Crippen MR) is 102 cm³/mol. The molecule has 146 valence electrons. The summed E-state index contributed by atoms with van der Waals surface area (Å²) in [5.74, 6) is 1.36. The largest absolute Gasteiger partial charge is 0.459 e. The fraction of sp³-hybridized carbons (Fsp3) is 0.400. The number of carbonyl (C=O) groups is 1. The number of fused-ring (bicyclic) bond motifs is 1. The molecule has 0 spiro atoms. The summed E-state index contributed by atoms with van der Waals surface area (Å²) in [6.07, 6.45) is 6.17. The van der Waals surface area contributed by atoms with E-state index in [9.17, 15) is 4.79 Å². The van der Waals surface area contributed by atoms with Crippen molar-refractivity contribution in [2.24, 2.45) is 0 Å². The maximum absolute atomic E-state index is 12.4. The molecule has 0 unspecified atom stereocenters. The number of nitrogens with zero attached hydrogens (tertiary/aromatic N) is 4. The van der Waals surface area contributed by atoms with E-state index in [-0.39, 0.29) is 6.03 Å². The number of unbranched alkanes of at least 4 members (excludes halogenated alkanes) is 1. The molecule has 0 aliphatic carbocycles. The molecule has 3 aromatic rings. The molecule has 3 aromatic heterocycles. The van der Waals surface area contributed by atoms with E-state index in [1.54, 1.807) is 18.4 Å². The summed E-state index contributed by atoms with van der Waals surface area (Å²) >= 11 is 0. The van der Waals surface area contributed by atoms with Crippen LogP contribution in [0.3, 0.4) is 0 Å². The topological polar surface area (TPSA) is 97.3 Å². The van der Waals surface area contributed by atoms with Crippen LogP contribution in [0.2, 0.25) is 0 Å². The second-order valence-electron chi connectivity index (χ2n) is 6.88. The lowest BCUT2D eigenvalue weighted by Gasteiger charge is -2.30. The lowest BCUT2D eigenvalue weighted by Crippen LogP contribution is -2.43. The van der Waals surface area contributed by atoms with E-state index >= 15 is 0 Å². The Morgan fingerprint density at radius 1 is 1.39 bits per heavy atom. The van der Waals surface area contributed by atoms with Crippen molar-refractivity contribution < 1.29 is 13.7 Å². The molecule has 4 rings (SSSR count). The number of hydrogen-bond donors (Lipinski definition) is 1. The summed E-state index contributed by atoms with van der Waals surface area (Å²) in [5.41, 5.74) is 3.86. The van der Waals surface area contributed by atoms with Crippen LogP contribution < -0.4 is 5.32 Å². The maximum Gasteiger partial charge on any atom is 0.317 e. The highest BCUT2D eigenvalue weighted by Crippen LogP contribution is 2.31. The lowest BCUT2D eigenvalue weighted by molar-refractivity contribution is 0.192. The maximum atomic E-state index is 12.4. The van der Waals surface area contributed by atoms with Gasteiger partial charge < -0.3 is 19.2 Å². The van der Waals surface area contributed by atoms with Gasteiger partial charge in [0, 0.05) is 37.1 Å². The molecular weight excluding hydrogens is 358 g/mol. The van der Waals surface area contributed by atoms with Gasteiger partial charge in [0.15, 0.2) is 5.76 Å². The Morgan fingerprint density at radius 2 is 2.29 bits per heavy atom. The third-order valence-electron chi connectivity index (χ3n) is 4.93. The molecule has 8 nitrogen and oxygen atoms in total. The number of pyridine rings is 1. The van der Waals surface area contributed by atoms with Crippen LogP contribution in [-0.2, 0) is 13.0 Å². The van der Waals surface area contributed by atoms with Crippen LogP contribution >= 0.6 is 0 Å². The fourth-order valence-corrected chi connectivity index (χ4v) is 3.43. The normalized spacial score (nSPS) is 13.4. The summed E-state index contributed by atoms with van der Waals surface area (Å²) in [7, 11) is 0. The van der Waals surface area contributed by atoms with Crippen molar-refractivity contribution in [2.45, 2.75) is 39.7 Å². The van der Waals surface area contributed by atoms with E-state index in [0.29, 0.717) is 37.1 Å². The number of furan rings is 1. The van der Waals surface area contributed by atoms with Crippen LogP contribution in [0.5, 0.6) is 0 Å². The highest BCUT2D eigenvalue weighted by atomic mass is 16.5. The molecule has 0 saturated carbocycles. The summed E-state index contributed by atoms with van der Waals surface area (Å²) in [6, 6.07) is 3.52. The van der Waals surface area contributed by atoms with Gasteiger partial charge in [0.2, 0.25) is 5.82 Å². The highest BCUT2D eigenvalue weighted by molar-refractivity contribution is 5.75. The van der Waals surface area contributed by atoms with Crippen LogP contribution in [0.4, 0.5) is 4.79 Å². The first-order valence-electron chi connectivity index (χ1n) is 9.55. The number of aromatic nitrogens is 3. The number of nitrogens with one attached hydrogen (secondary N) is 1. The Bertz CT molecular complexity index is 964. The molecule has 0 radical (unpaired) electrons. The van der Waals surface area contributed by atoms with Gasteiger partial charge >= 0.3 is 6.03 Å². The summed E-state index contributed by atoms with van der Waals surface area (Å²) in [5, 5.41) is 7.11. The molecule has 28 heavy (non-hydrogen) atoms. The first-order valence-corrected chi connectivity index (χ1v) is 9.55. The van der Waals surface area contributed by atoms with Crippen molar-refractivity contribution in [3.63, 3.8) is 0 Å². The average molecular weight is 381 g/mol. The second kappa shape index (κ2) is 7.84. The zero-order chi connectivity index (χ0) is 19.5. The van der Waals surface area contributed by atoms with Crippen LogP contribution in [0.25, 0.3) is 23.0 Å². The first-order chi connectivity index (χ1) is 13.7. The Balaban J connectivity index is 1.58. The van der Waals surface area contributed by atoms with Crippen molar-refractivity contribution in [3.05, 3.63) is 41.4 Å². The molecule has 1 aliphatic heterocycles. The Hall–Kier alpha value is -3.16. The minimum absolute atomic E-state index is 0.0270. The van der Waals surface area contributed by atoms with Crippen molar-refractivity contribution in [2.75, 3.05) is 13.1 Å². The third kappa shape index (κ3) is 3.49. The summed E-state index contributed by atoms with van der Waals surface area (Å²) in [6.45, 7) is 5.91. The van der Waals surface area contributed by atoms with Gasteiger partial charge in [-0.2, -0.15) is 4.98 Å².